The van der Waals surface area contributed by atoms with Crippen LogP contribution < -0.4 is 4.90 Å². The number of carbonyl (C=O) groups excluding carboxylic acids is 1. The number of hydrogen-bond acceptors (Lipinski definition) is 6. The molecule has 0 bridgehead atoms. The van der Waals surface area contributed by atoms with Gasteiger partial charge in [0.1, 0.15) is 6.10 Å². The smallest absolute Gasteiger partial charge is 0.251 e. The maximum atomic E-state index is 12.6. The summed E-state index contributed by atoms with van der Waals surface area (Å²) in [6.45, 7) is 1.06. The zero-order valence-corrected chi connectivity index (χ0v) is 14.8. The van der Waals surface area contributed by atoms with E-state index in [2.05, 4.69) is 15.0 Å². The Labute approximate surface area is 147 Å². The number of aromatic nitrogens is 3. The molecule has 0 spiro atoms. The van der Waals surface area contributed by atoms with Crippen LogP contribution >= 0.6 is 0 Å². The standard InChI is InChI=1S/C18H23N5O2/c1-22(2)18-20-11-14(13-6-8-19-9-7-13)15(21-18)12-23(3)17(24)16-5-4-10-25-16/h6-9,11,16H,4-5,10,12H2,1-3H3/t16-/m0/s1. The highest BCUT2D eigenvalue weighted by Gasteiger charge is 2.27. The summed E-state index contributed by atoms with van der Waals surface area (Å²) in [7, 11) is 5.58. The van der Waals surface area contributed by atoms with Gasteiger partial charge in [0, 0.05) is 51.9 Å². The number of ether oxygens (including phenoxy) is 1. The lowest BCUT2D eigenvalue weighted by Gasteiger charge is -2.22. The monoisotopic (exact) mass is 341 g/mol. The Balaban J connectivity index is 1.89. The van der Waals surface area contributed by atoms with Gasteiger partial charge in [-0.15, -0.1) is 0 Å². The van der Waals surface area contributed by atoms with E-state index in [1.807, 2.05) is 31.1 Å². The molecule has 3 rings (SSSR count). The third kappa shape index (κ3) is 3.93. The van der Waals surface area contributed by atoms with Gasteiger partial charge in [0.2, 0.25) is 5.95 Å². The van der Waals surface area contributed by atoms with Crippen LogP contribution in [0.5, 0.6) is 0 Å². The minimum Gasteiger partial charge on any atom is -0.368 e. The lowest BCUT2D eigenvalue weighted by molar-refractivity contribution is -0.140. The third-order valence-electron chi connectivity index (χ3n) is 4.21. The number of anilines is 1. The minimum absolute atomic E-state index is 0.00296. The normalized spacial score (nSPS) is 16.7. The average molecular weight is 341 g/mol. The highest BCUT2D eigenvalue weighted by Crippen LogP contribution is 2.24. The first kappa shape index (κ1) is 17.3. The van der Waals surface area contributed by atoms with Crippen molar-refractivity contribution in [1.29, 1.82) is 0 Å². The van der Waals surface area contributed by atoms with E-state index < -0.39 is 0 Å². The summed E-state index contributed by atoms with van der Waals surface area (Å²) in [6, 6.07) is 3.83. The molecule has 0 N–H and O–H groups in total. The molecule has 1 saturated heterocycles. The SMILES string of the molecule is CN(Cc1nc(N(C)C)ncc1-c1ccncc1)C(=O)[C@@H]1CCCO1. The Morgan fingerprint density at radius 1 is 1.28 bits per heavy atom. The molecule has 1 atom stereocenters. The van der Waals surface area contributed by atoms with Gasteiger partial charge in [-0.05, 0) is 30.5 Å². The molecule has 1 amide bonds. The topological polar surface area (TPSA) is 71.5 Å². The fraction of sp³-hybridized carbons (Fsp3) is 0.444. The molecule has 7 nitrogen and oxygen atoms in total. The van der Waals surface area contributed by atoms with Crippen LogP contribution in [0.4, 0.5) is 5.95 Å². The molecule has 132 valence electrons. The van der Waals surface area contributed by atoms with Gasteiger partial charge < -0.3 is 14.5 Å². The zero-order valence-electron chi connectivity index (χ0n) is 14.8. The summed E-state index contributed by atoms with van der Waals surface area (Å²) in [5.74, 6) is 0.619. The molecule has 1 aliphatic heterocycles. The highest BCUT2D eigenvalue weighted by atomic mass is 16.5. The molecule has 2 aromatic heterocycles. The van der Waals surface area contributed by atoms with E-state index in [1.54, 1.807) is 30.5 Å². The van der Waals surface area contributed by atoms with Gasteiger partial charge in [0.05, 0.1) is 12.2 Å². The van der Waals surface area contributed by atoms with E-state index in [9.17, 15) is 4.79 Å². The molecule has 7 heteroatoms. The van der Waals surface area contributed by atoms with Crippen LogP contribution in [0.1, 0.15) is 18.5 Å². The van der Waals surface area contributed by atoms with Gasteiger partial charge in [0.15, 0.2) is 0 Å². The summed E-state index contributed by atoms with van der Waals surface area (Å²) in [6.07, 6.45) is 6.67. The van der Waals surface area contributed by atoms with Crippen LogP contribution in [0.15, 0.2) is 30.7 Å². The van der Waals surface area contributed by atoms with Gasteiger partial charge in [0.25, 0.3) is 5.91 Å². The number of likely N-dealkylation sites (N-methyl/N-ethyl adjacent to an activating group) is 1. The lowest BCUT2D eigenvalue weighted by atomic mass is 10.1. The Hall–Kier alpha value is -2.54. The molecular formula is C18H23N5O2. The van der Waals surface area contributed by atoms with Crippen LogP contribution in [0.2, 0.25) is 0 Å². The largest absolute Gasteiger partial charge is 0.368 e. The van der Waals surface area contributed by atoms with Gasteiger partial charge in [-0.1, -0.05) is 0 Å². The summed E-state index contributed by atoms with van der Waals surface area (Å²) in [4.78, 5) is 29.2. The van der Waals surface area contributed by atoms with E-state index in [0.29, 0.717) is 19.1 Å². The van der Waals surface area contributed by atoms with E-state index in [4.69, 9.17) is 4.74 Å². The summed E-state index contributed by atoms with van der Waals surface area (Å²) < 4.78 is 5.51. The minimum atomic E-state index is -0.329. The molecule has 0 aliphatic carbocycles. The van der Waals surface area contributed by atoms with Crippen LogP contribution in [-0.4, -0.2) is 59.6 Å². The molecule has 25 heavy (non-hydrogen) atoms. The van der Waals surface area contributed by atoms with E-state index in [-0.39, 0.29) is 12.0 Å². The Kier molecular flexibility index (Phi) is 5.23. The Morgan fingerprint density at radius 2 is 2.04 bits per heavy atom. The van der Waals surface area contributed by atoms with Crippen molar-refractivity contribution >= 4 is 11.9 Å². The quantitative estimate of drug-likeness (QED) is 0.825. The first-order chi connectivity index (χ1) is 12.1. The lowest BCUT2D eigenvalue weighted by Crippen LogP contribution is -2.36. The zero-order chi connectivity index (χ0) is 17.8. The molecular weight excluding hydrogens is 318 g/mol. The first-order valence-electron chi connectivity index (χ1n) is 8.36. The van der Waals surface area contributed by atoms with Gasteiger partial charge in [-0.3, -0.25) is 9.78 Å². The van der Waals surface area contributed by atoms with Crippen molar-refractivity contribution in [3.63, 3.8) is 0 Å². The predicted octanol–water partition coefficient (Wildman–Crippen LogP) is 1.74. The third-order valence-corrected chi connectivity index (χ3v) is 4.21. The van der Waals surface area contributed by atoms with Crippen molar-refractivity contribution in [2.24, 2.45) is 0 Å². The Morgan fingerprint density at radius 3 is 2.68 bits per heavy atom. The van der Waals surface area contributed by atoms with Crippen molar-refractivity contribution < 1.29 is 9.53 Å². The fourth-order valence-corrected chi connectivity index (χ4v) is 2.84. The van der Waals surface area contributed by atoms with Crippen LogP contribution in [0.25, 0.3) is 11.1 Å². The van der Waals surface area contributed by atoms with Crippen molar-refractivity contribution in [2.45, 2.75) is 25.5 Å². The number of nitrogens with zero attached hydrogens (tertiary/aromatic N) is 5. The van der Waals surface area contributed by atoms with Crippen molar-refractivity contribution in [3.05, 3.63) is 36.4 Å². The summed E-state index contributed by atoms with van der Waals surface area (Å²) in [5, 5.41) is 0. The van der Waals surface area contributed by atoms with Crippen LogP contribution in [0.3, 0.4) is 0 Å². The van der Waals surface area contributed by atoms with Crippen molar-refractivity contribution in [1.82, 2.24) is 19.9 Å². The molecule has 0 radical (unpaired) electrons. The number of rotatable bonds is 5. The molecule has 1 aliphatic rings. The molecule has 2 aromatic rings. The van der Waals surface area contributed by atoms with E-state index >= 15 is 0 Å². The van der Waals surface area contributed by atoms with E-state index in [1.165, 1.54) is 0 Å². The van der Waals surface area contributed by atoms with Crippen LogP contribution in [-0.2, 0) is 16.1 Å². The predicted molar refractivity (Wildman–Crippen MR) is 95.0 cm³/mol. The molecule has 0 saturated carbocycles. The average Bonchev–Trinajstić information content (AvgIpc) is 3.16. The van der Waals surface area contributed by atoms with Crippen molar-refractivity contribution in [3.8, 4) is 11.1 Å². The van der Waals surface area contributed by atoms with Gasteiger partial charge in [-0.25, -0.2) is 9.97 Å². The number of carbonyl (C=O) groups is 1. The molecule has 0 aromatic carbocycles. The molecule has 0 unspecified atom stereocenters. The van der Waals surface area contributed by atoms with Crippen molar-refractivity contribution in [2.75, 3.05) is 32.6 Å². The second kappa shape index (κ2) is 7.57. The second-order valence-electron chi connectivity index (χ2n) is 6.36. The van der Waals surface area contributed by atoms with E-state index in [0.717, 1.165) is 29.7 Å². The van der Waals surface area contributed by atoms with Crippen LogP contribution in [0, 0.1) is 0 Å². The maximum absolute atomic E-state index is 12.6. The summed E-state index contributed by atoms with van der Waals surface area (Å²) in [5.41, 5.74) is 2.69. The maximum Gasteiger partial charge on any atom is 0.251 e. The summed E-state index contributed by atoms with van der Waals surface area (Å²) >= 11 is 0. The first-order valence-corrected chi connectivity index (χ1v) is 8.36. The Bertz CT molecular complexity index is 730. The number of hydrogen-bond donors (Lipinski definition) is 0. The molecule has 3 heterocycles. The van der Waals surface area contributed by atoms with Gasteiger partial charge >= 0.3 is 0 Å². The number of amides is 1. The fourth-order valence-electron chi connectivity index (χ4n) is 2.84. The van der Waals surface area contributed by atoms with Gasteiger partial charge in [-0.2, -0.15) is 0 Å². The second-order valence-corrected chi connectivity index (χ2v) is 6.36. The number of pyridine rings is 1. The molecule has 1 fully saturated rings. The highest BCUT2D eigenvalue weighted by molar-refractivity contribution is 5.81.